The molecule has 0 N–H and O–H groups in total. The fraction of sp³-hybridized carbons (Fsp3) is 0.385. The molecule has 0 radical (unpaired) electrons. The zero-order chi connectivity index (χ0) is 12.2. The van der Waals surface area contributed by atoms with E-state index in [0.29, 0.717) is 0 Å². The minimum Gasteiger partial charge on any atom is -0.299 e. The number of carbonyl (C=O) groups excluding carboxylic acids is 1. The number of aldehydes is 1. The molecule has 1 aromatic heterocycles. The molecule has 0 aromatic carbocycles. The Morgan fingerprint density at radius 1 is 1.38 bits per heavy atom. The molecule has 16 heavy (non-hydrogen) atoms. The number of carbonyl (C=O) groups is 1. The van der Waals surface area contributed by atoms with E-state index in [9.17, 15) is 4.79 Å². The average Bonchev–Trinajstić information content (AvgIpc) is 2.75. The highest BCUT2D eigenvalue weighted by Gasteiger charge is 1.86. The van der Waals surface area contributed by atoms with Crippen molar-refractivity contribution in [1.29, 1.82) is 0 Å². The van der Waals surface area contributed by atoms with Crippen molar-refractivity contribution >= 4 is 17.6 Å². The normalized spacial score (nSPS) is 10.1. The highest BCUT2D eigenvalue weighted by atomic mass is 32.1. The molecule has 0 spiro atoms. The molecule has 1 rings (SSSR count). The molecule has 0 bridgehead atoms. The van der Waals surface area contributed by atoms with Crippen LogP contribution in [0.5, 0.6) is 0 Å². The summed E-state index contributed by atoms with van der Waals surface area (Å²) in [5, 5.41) is 1.93. The lowest BCUT2D eigenvalue weighted by Gasteiger charge is -1.94. The van der Waals surface area contributed by atoms with Crippen LogP contribution >= 0.6 is 11.3 Å². The zero-order valence-corrected chi connectivity index (χ0v) is 11.0. The van der Waals surface area contributed by atoms with E-state index in [1.165, 1.54) is 5.57 Å². The summed E-state index contributed by atoms with van der Waals surface area (Å²) in [4.78, 5) is 13.8. The summed E-state index contributed by atoms with van der Waals surface area (Å²) in [7, 11) is 0. The van der Waals surface area contributed by atoms with Crippen molar-refractivity contribution in [3.05, 3.63) is 40.4 Å². The number of thiazole rings is 1. The summed E-state index contributed by atoms with van der Waals surface area (Å²) in [5.41, 5.74) is 4.28. The minimum absolute atomic E-state index is 0.845. The van der Waals surface area contributed by atoms with Crippen molar-refractivity contribution in [3.8, 4) is 0 Å². The van der Waals surface area contributed by atoms with Gasteiger partial charge in [0.15, 0.2) is 0 Å². The first-order valence-electron chi connectivity index (χ1n) is 5.23. The van der Waals surface area contributed by atoms with Crippen molar-refractivity contribution in [3.63, 3.8) is 0 Å². The second kappa shape index (κ2) is 10.3. The summed E-state index contributed by atoms with van der Waals surface area (Å²) >= 11 is 1.60. The predicted molar refractivity (Wildman–Crippen MR) is 70.6 cm³/mol. The Balaban J connectivity index is 0.000000368. The summed E-state index contributed by atoms with van der Waals surface area (Å²) in [6.45, 7) is 6.14. The summed E-state index contributed by atoms with van der Waals surface area (Å²) < 4.78 is 0. The molecule has 2 nitrogen and oxygen atoms in total. The third-order valence-corrected chi connectivity index (χ3v) is 2.31. The predicted octanol–water partition coefficient (Wildman–Crippen LogP) is 4.02. The Morgan fingerprint density at radius 2 is 2.12 bits per heavy atom. The van der Waals surface area contributed by atoms with Gasteiger partial charge < -0.3 is 0 Å². The zero-order valence-electron chi connectivity index (χ0n) is 10.1. The van der Waals surface area contributed by atoms with Crippen LogP contribution in [0, 0.1) is 0 Å². The van der Waals surface area contributed by atoms with Crippen LogP contribution in [0.1, 0.15) is 33.6 Å². The lowest BCUT2D eigenvalue weighted by atomic mass is 10.1. The Hall–Kier alpha value is -1.22. The lowest BCUT2D eigenvalue weighted by Crippen LogP contribution is -1.77. The molecule has 88 valence electrons. The highest BCUT2D eigenvalue weighted by molar-refractivity contribution is 7.07. The van der Waals surface area contributed by atoms with Gasteiger partial charge in [-0.15, -0.1) is 11.3 Å². The van der Waals surface area contributed by atoms with Crippen LogP contribution < -0.4 is 0 Å². The molecule has 0 aliphatic heterocycles. The van der Waals surface area contributed by atoms with Gasteiger partial charge in [-0.2, -0.15) is 0 Å². The number of hydrogen-bond donors (Lipinski definition) is 0. The van der Waals surface area contributed by atoms with E-state index in [1.54, 1.807) is 29.1 Å². The first-order valence-corrected chi connectivity index (χ1v) is 6.17. The topological polar surface area (TPSA) is 30.0 Å². The van der Waals surface area contributed by atoms with E-state index >= 15 is 0 Å². The quantitative estimate of drug-likeness (QED) is 0.450. The van der Waals surface area contributed by atoms with Crippen molar-refractivity contribution in [1.82, 2.24) is 4.98 Å². The molecular formula is C13H19NOS. The van der Waals surface area contributed by atoms with E-state index in [1.807, 2.05) is 12.3 Å². The average molecular weight is 237 g/mol. The molecule has 3 heteroatoms. The second-order valence-electron chi connectivity index (χ2n) is 3.64. The van der Waals surface area contributed by atoms with E-state index in [-0.39, 0.29) is 0 Å². The summed E-state index contributed by atoms with van der Waals surface area (Å²) in [6.07, 6.45) is 8.45. The van der Waals surface area contributed by atoms with Crippen LogP contribution in [0.15, 0.2) is 40.4 Å². The molecule has 0 saturated carbocycles. The molecular weight excluding hydrogens is 218 g/mol. The van der Waals surface area contributed by atoms with Gasteiger partial charge in [0, 0.05) is 11.6 Å². The highest BCUT2D eigenvalue weighted by Crippen LogP contribution is 2.05. The Bertz CT molecular complexity index is 304. The first kappa shape index (κ1) is 14.8. The van der Waals surface area contributed by atoms with Gasteiger partial charge in [-0.1, -0.05) is 17.2 Å². The molecule has 0 fully saturated rings. The third kappa shape index (κ3) is 10.9. The van der Waals surface area contributed by atoms with Crippen molar-refractivity contribution in [2.75, 3.05) is 0 Å². The SMILES string of the molecule is CC(C)=CCCC(C)=CC=O.c1cscn1. The third-order valence-electron chi connectivity index (χ3n) is 1.79. The molecule has 0 aliphatic carbocycles. The first-order chi connectivity index (χ1) is 7.66. The van der Waals surface area contributed by atoms with Crippen LogP contribution in [-0.2, 0) is 4.79 Å². The van der Waals surface area contributed by atoms with Crippen LogP contribution in [0.2, 0.25) is 0 Å². The maximum atomic E-state index is 10.0. The van der Waals surface area contributed by atoms with Gasteiger partial charge in [0.2, 0.25) is 0 Å². The summed E-state index contributed by atoms with van der Waals surface area (Å²) in [5.74, 6) is 0. The Kier molecular flexibility index (Phi) is 9.52. The molecule has 0 aliphatic rings. The number of allylic oxidation sites excluding steroid dienone is 4. The molecule has 1 aromatic rings. The maximum absolute atomic E-state index is 10.0. The van der Waals surface area contributed by atoms with E-state index in [4.69, 9.17) is 0 Å². The van der Waals surface area contributed by atoms with Crippen LogP contribution in [0.25, 0.3) is 0 Å². The Morgan fingerprint density at radius 3 is 2.50 bits per heavy atom. The van der Waals surface area contributed by atoms with E-state index in [2.05, 4.69) is 24.9 Å². The van der Waals surface area contributed by atoms with Gasteiger partial charge in [-0.3, -0.25) is 9.78 Å². The largest absolute Gasteiger partial charge is 0.299 e. The molecule has 1 heterocycles. The van der Waals surface area contributed by atoms with E-state index < -0.39 is 0 Å². The van der Waals surface area contributed by atoms with Crippen LogP contribution in [-0.4, -0.2) is 11.3 Å². The standard InChI is InChI=1S/C10H16O.C3H3NS/c1-9(2)5-4-6-10(3)7-8-11;1-2-5-3-4-1/h5,7-8H,4,6H2,1-3H3;1-3H. The molecule has 0 saturated heterocycles. The summed E-state index contributed by atoms with van der Waals surface area (Å²) in [6, 6.07) is 0. The number of hydrogen-bond acceptors (Lipinski definition) is 3. The monoisotopic (exact) mass is 237 g/mol. The Labute approximate surface area is 102 Å². The van der Waals surface area contributed by atoms with Crippen LogP contribution in [0.4, 0.5) is 0 Å². The maximum Gasteiger partial charge on any atom is 0.142 e. The van der Waals surface area contributed by atoms with Gasteiger partial charge in [-0.25, -0.2) is 0 Å². The van der Waals surface area contributed by atoms with Crippen molar-refractivity contribution in [2.24, 2.45) is 0 Å². The van der Waals surface area contributed by atoms with E-state index in [0.717, 1.165) is 24.7 Å². The van der Waals surface area contributed by atoms with Gasteiger partial charge in [0.25, 0.3) is 0 Å². The fourth-order valence-corrected chi connectivity index (χ4v) is 1.32. The van der Waals surface area contributed by atoms with Crippen molar-refractivity contribution in [2.45, 2.75) is 33.6 Å². The van der Waals surface area contributed by atoms with Gasteiger partial charge >= 0.3 is 0 Å². The number of nitrogens with zero attached hydrogens (tertiary/aromatic N) is 1. The van der Waals surface area contributed by atoms with Gasteiger partial charge in [0.05, 0.1) is 5.51 Å². The number of aromatic nitrogens is 1. The smallest absolute Gasteiger partial charge is 0.142 e. The molecule has 0 amide bonds. The fourth-order valence-electron chi connectivity index (χ4n) is 0.964. The second-order valence-corrected chi connectivity index (χ2v) is 4.40. The number of rotatable bonds is 4. The molecule has 0 unspecified atom stereocenters. The lowest BCUT2D eigenvalue weighted by molar-refractivity contribution is -0.104. The van der Waals surface area contributed by atoms with Crippen molar-refractivity contribution < 1.29 is 4.79 Å². The molecule has 0 atom stereocenters. The van der Waals surface area contributed by atoms with Gasteiger partial charge in [0.1, 0.15) is 6.29 Å². The minimum atomic E-state index is 0.845. The van der Waals surface area contributed by atoms with Gasteiger partial charge in [-0.05, 0) is 39.7 Å². The van der Waals surface area contributed by atoms with Crippen LogP contribution in [0.3, 0.4) is 0 Å².